The third-order valence-electron chi connectivity index (χ3n) is 3.29. The summed E-state index contributed by atoms with van der Waals surface area (Å²) in [6.07, 6.45) is 0.261. The van der Waals surface area contributed by atoms with Gasteiger partial charge in [0.05, 0.1) is 7.11 Å². The van der Waals surface area contributed by atoms with Crippen LogP contribution in [0.4, 0.5) is 0 Å². The van der Waals surface area contributed by atoms with Crippen LogP contribution in [0.5, 0.6) is 0 Å². The molecule has 1 aliphatic carbocycles. The summed E-state index contributed by atoms with van der Waals surface area (Å²) in [5.41, 5.74) is 0.409. The first-order valence-electron chi connectivity index (χ1n) is 5.08. The van der Waals surface area contributed by atoms with Crippen LogP contribution < -0.4 is 0 Å². The second-order valence-electron chi connectivity index (χ2n) is 4.16. The third kappa shape index (κ3) is 1.51. The lowest BCUT2D eigenvalue weighted by atomic mass is 9.90. The average molecular weight is 241 g/mol. The molecule has 86 valence electrons. The van der Waals surface area contributed by atoms with Crippen molar-refractivity contribution in [3.8, 4) is 0 Å². The first-order valence-corrected chi connectivity index (χ1v) is 5.46. The fraction of sp³-hybridized carbons (Fsp3) is 0.417. The highest BCUT2D eigenvalue weighted by molar-refractivity contribution is 6.30. The Morgan fingerprint density at radius 3 is 2.94 bits per heavy atom. The van der Waals surface area contributed by atoms with E-state index in [0.29, 0.717) is 5.02 Å². The van der Waals surface area contributed by atoms with Crippen molar-refractivity contribution in [3.63, 3.8) is 0 Å². The van der Waals surface area contributed by atoms with Gasteiger partial charge in [-0.25, -0.2) is 4.79 Å². The number of fused-ring (bicyclic) bond motifs is 1. The van der Waals surface area contributed by atoms with Gasteiger partial charge in [-0.2, -0.15) is 0 Å². The predicted octanol–water partition coefficient (Wildman–Crippen LogP) is 1.90. The van der Waals surface area contributed by atoms with Crippen LogP contribution in [0.3, 0.4) is 0 Å². The quantitative estimate of drug-likeness (QED) is 0.763. The molecule has 1 aromatic rings. The highest BCUT2D eigenvalue weighted by Crippen LogP contribution is 2.42. The summed E-state index contributed by atoms with van der Waals surface area (Å²) in [7, 11) is 1.28. The molecule has 0 saturated carbocycles. The Kier molecular flexibility index (Phi) is 2.68. The van der Waals surface area contributed by atoms with Crippen LogP contribution in [0.15, 0.2) is 18.2 Å². The number of hydrogen-bond donors (Lipinski definition) is 1. The average Bonchev–Trinajstić information content (AvgIpc) is 2.51. The van der Waals surface area contributed by atoms with Crippen molar-refractivity contribution in [2.24, 2.45) is 0 Å². The molecule has 0 spiro atoms. The number of carbonyl (C=O) groups excluding carboxylic acids is 1. The maximum atomic E-state index is 11.6. The number of halogens is 1. The van der Waals surface area contributed by atoms with Crippen molar-refractivity contribution in [1.29, 1.82) is 0 Å². The van der Waals surface area contributed by atoms with Crippen molar-refractivity contribution in [1.82, 2.24) is 0 Å². The summed E-state index contributed by atoms with van der Waals surface area (Å²) in [4.78, 5) is 11.6. The van der Waals surface area contributed by atoms with E-state index in [9.17, 15) is 9.90 Å². The standard InChI is InChI=1S/C12H13ClO3/c1-7-10-4-3-9(13)5-8(10)6-12(7,15)11(14)16-2/h3-5,7,15H,6H2,1-2H3. The molecule has 0 heterocycles. The molecule has 0 aromatic heterocycles. The molecule has 2 rings (SSSR count). The van der Waals surface area contributed by atoms with E-state index in [-0.39, 0.29) is 12.3 Å². The van der Waals surface area contributed by atoms with Crippen LogP contribution >= 0.6 is 11.6 Å². The minimum Gasteiger partial charge on any atom is -0.467 e. The largest absolute Gasteiger partial charge is 0.467 e. The van der Waals surface area contributed by atoms with Gasteiger partial charge in [-0.1, -0.05) is 24.6 Å². The molecular formula is C12H13ClO3. The summed E-state index contributed by atoms with van der Waals surface area (Å²) in [6.45, 7) is 1.82. The lowest BCUT2D eigenvalue weighted by Gasteiger charge is -2.24. The number of aliphatic hydroxyl groups is 1. The van der Waals surface area contributed by atoms with E-state index in [0.717, 1.165) is 11.1 Å². The molecule has 0 saturated heterocycles. The second-order valence-corrected chi connectivity index (χ2v) is 4.59. The zero-order valence-corrected chi connectivity index (χ0v) is 9.91. The molecule has 4 heteroatoms. The van der Waals surface area contributed by atoms with Crippen molar-refractivity contribution in [3.05, 3.63) is 34.3 Å². The number of rotatable bonds is 1. The number of esters is 1. The highest BCUT2D eigenvalue weighted by atomic mass is 35.5. The van der Waals surface area contributed by atoms with Crippen LogP contribution in [-0.2, 0) is 16.0 Å². The van der Waals surface area contributed by atoms with E-state index in [1.54, 1.807) is 12.1 Å². The topological polar surface area (TPSA) is 46.5 Å². The molecule has 2 unspecified atom stereocenters. The molecule has 0 aliphatic heterocycles. The van der Waals surface area contributed by atoms with Crippen LogP contribution in [-0.4, -0.2) is 23.8 Å². The summed E-state index contributed by atoms with van der Waals surface area (Å²) < 4.78 is 4.65. The van der Waals surface area contributed by atoms with E-state index in [1.807, 2.05) is 13.0 Å². The number of hydrogen-bond acceptors (Lipinski definition) is 3. The minimum atomic E-state index is -1.46. The predicted molar refractivity (Wildman–Crippen MR) is 60.5 cm³/mol. The number of methoxy groups -OCH3 is 1. The molecule has 16 heavy (non-hydrogen) atoms. The van der Waals surface area contributed by atoms with Crippen molar-refractivity contribution in [2.75, 3.05) is 7.11 Å². The fourth-order valence-corrected chi connectivity index (χ4v) is 2.47. The van der Waals surface area contributed by atoms with Gasteiger partial charge in [0.25, 0.3) is 0 Å². The van der Waals surface area contributed by atoms with Crippen molar-refractivity contribution in [2.45, 2.75) is 24.9 Å². The Morgan fingerprint density at radius 1 is 1.62 bits per heavy atom. The van der Waals surface area contributed by atoms with Gasteiger partial charge >= 0.3 is 5.97 Å². The van der Waals surface area contributed by atoms with E-state index in [2.05, 4.69) is 4.74 Å². The van der Waals surface area contributed by atoms with Crippen LogP contribution in [0, 0.1) is 0 Å². The zero-order chi connectivity index (χ0) is 11.9. The highest BCUT2D eigenvalue weighted by Gasteiger charge is 2.49. The number of benzene rings is 1. The van der Waals surface area contributed by atoms with Gasteiger partial charge in [-0.3, -0.25) is 0 Å². The maximum Gasteiger partial charge on any atom is 0.338 e. The first-order chi connectivity index (χ1) is 7.49. The Bertz CT molecular complexity index is 444. The minimum absolute atomic E-state index is 0.261. The Balaban J connectivity index is 2.44. The fourth-order valence-electron chi connectivity index (χ4n) is 2.28. The third-order valence-corrected chi connectivity index (χ3v) is 3.52. The maximum absolute atomic E-state index is 11.6. The number of carbonyl (C=O) groups is 1. The Morgan fingerprint density at radius 2 is 2.31 bits per heavy atom. The molecule has 0 radical (unpaired) electrons. The number of ether oxygens (including phenoxy) is 1. The summed E-state index contributed by atoms with van der Waals surface area (Å²) in [6, 6.07) is 5.40. The van der Waals surface area contributed by atoms with Gasteiger partial charge < -0.3 is 9.84 Å². The van der Waals surface area contributed by atoms with Crippen LogP contribution in [0.25, 0.3) is 0 Å². The second kappa shape index (κ2) is 3.75. The van der Waals surface area contributed by atoms with E-state index < -0.39 is 11.6 Å². The summed E-state index contributed by atoms with van der Waals surface area (Å²) >= 11 is 5.88. The zero-order valence-electron chi connectivity index (χ0n) is 9.16. The lowest BCUT2D eigenvalue weighted by Crippen LogP contribution is -2.42. The van der Waals surface area contributed by atoms with Crippen molar-refractivity contribution < 1.29 is 14.6 Å². The van der Waals surface area contributed by atoms with Gasteiger partial charge in [0, 0.05) is 17.4 Å². The van der Waals surface area contributed by atoms with Gasteiger partial charge in [0.2, 0.25) is 0 Å². The van der Waals surface area contributed by atoms with E-state index in [1.165, 1.54) is 7.11 Å². The monoisotopic (exact) mass is 240 g/mol. The SMILES string of the molecule is COC(=O)C1(O)Cc2cc(Cl)ccc2C1C. The van der Waals surface area contributed by atoms with E-state index >= 15 is 0 Å². The lowest BCUT2D eigenvalue weighted by molar-refractivity contribution is -0.163. The molecule has 1 aliphatic rings. The van der Waals surface area contributed by atoms with Crippen LogP contribution in [0.2, 0.25) is 5.02 Å². The molecular weight excluding hydrogens is 228 g/mol. The molecule has 2 atom stereocenters. The normalized spacial score (nSPS) is 27.6. The van der Waals surface area contributed by atoms with Gasteiger partial charge in [0.1, 0.15) is 0 Å². The van der Waals surface area contributed by atoms with Crippen LogP contribution in [0.1, 0.15) is 24.0 Å². The van der Waals surface area contributed by atoms with Crippen molar-refractivity contribution >= 4 is 17.6 Å². The van der Waals surface area contributed by atoms with Gasteiger partial charge in [-0.15, -0.1) is 0 Å². The molecule has 0 fully saturated rings. The molecule has 3 nitrogen and oxygen atoms in total. The molecule has 0 amide bonds. The molecule has 0 bridgehead atoms. The Labute approximate surface area is 99.0 Å². The van der Waals surface area contributed by atoms with Gasteiger partial charge in [0.15, 0.2) is 5.60 Å². The molecule has 1 aromatic carbocycles. The summed E-state index contributed by atoms with van der Waals surface area (Å²) in [5.74, 6) is -0.862. The smallest absolute Gasteiger partial charge is 0.338 e. The summed E-state index contributed by atoms with van der Waals surface area (Å²) in [5, 5.41) is 10.9. The van der Waals surface area contributed by atoms with Gasteiger partial charge in [-0.05, 0) is 23.3 Å². The Hall–Kier alpha value is -1.06. The molecule has 1 N–H and O–H groups in total. The van der Waals surface area contributed by atoms with E-state index in [4.69, 9.17) is 11.6 Å². The first kappa shape index (κ1) is 11.4.